The van der Waals surface area contributed by atoms with Gasteiger partial charge in [0.1, 0.15) is 11.5 Å². The molecule has 0 aliphatic heterocycles. The molecule has 0 aromatic heterocycles. The van der Waals surface area contributed by atoms with Crippen molar-refractivity contribution in [2.24, 2.45) is 0 Å². The first-order valence-corrected chi connectivity index (χ1v) is 6.69. The molecule has 0 bridgehead atoms. The zero-order valence-electron chi connectivity index (χ0n) is 11.8. The molecule has 0 spiro atoms. The molecular formula is C16H24O2. The average Bonchev–Trinajstić information content (AvgIpc) is 2.26. The Balaban J connectivity index is 3.13. The first-order chi connectivity index (χ1) is 8.49. The lowest BCUT2D eigenvalue weighted by atomic mass is 9.91. The number of aryl methyl sites for hydroxylation is 1. The molecule has 0 amide bonds. The fourth-order valence-corrected chi connectivity index (χ4v) is 2.37. The van der Waals surface area contributed by atoms with Crippen molar-refractivity contribution in [1.29, 1.82) is 0 Å². The van der Waals surface area contributed by atoms with Crippen LogP contribution in [-0.2, 0) is 0 Å². The SMILES string of the molecule is CCC/C(C)=C\C(CC)c1c(O)cc(C)cc1O. The van der Waals surface area contributed by atoms with Crippen LogP contribution in [0.15, 0.2) is 23.8 Å². The molecule has 0 aliphatic carbocycles. The highest BCUT2D eigenvalue weighted by Crippen LogP contribution is 2.38. The summed E-state index contributed by atoms with van der Waals surface area (Å²) >= 11 is 0. The van der Waals surface area contributed by atoms with Crippen molar-refractivity contribution >= 4 is 0 Å². The zero-order valence-corrected chi connectivity index (χ0v) is 11.8. The third-order valence-corrected chi connectivity index (χ3v) is 3.22. The second kappa shape index (κ2) is 6.48. The van der Waals surface area contributed by atoms with Gasteiger partial charge in [-0.3, -0.25) is 0 Å². The number of rotatable bonds is 5. The molecule has 0 saturated heterocycles. The van der Waals surface area contributed by atoms with E-state index in [4.69, 9.17) is 0 Å². The molecule has 0 radical (unpaired) electrons. The maximum absolute atomic E-state index is 10.0. The minimum absolute atomic E-state index is 0.0807. The maximum Gasteiger partial charge on any atom is 0.123 e. The van der Waals surface area contributed by atoms with Gasteiger partial charge in [0, 0.05) is 11.5 Å². The lowest BCUT2D eigenvalue weighted by molar-refractivity contribution is 0.432. The molecule has 1 aromatic rings. The first kappa shape index (κ1) is 14.6. The monoisotopic (exact) mass is 248 g/mol. The number of aromatic hydroxyl groups is 2. The van der Waals surface area contributed by atoms with Crippen LogP contribution in [-0.4, -0.2) is 10.2 Å². The van der Waals surface area contributed by atoms with E-state index in [1.54, 1.807) is 12.1 Å². The Kier molecular flexibility index (Phi) is 5.26. The first-order valence-electron chi connectivity index (χ1n) is 6.69. The van der Waals surface area contributed by atoms with Crippen molar-refractivity contribution < 1.29 is 10.2 Å². The summed E-state index contributed by atoms with van der Waals surface area (Å²) < 4.78 is 0. The highest BCUT2D eigenvalue weighted by molar-refractivity contribution is 5.49. The van der Waals surface area contributed by atoms with Crippen LogP contribution in [0.5, 0.6) is 11.5 Å². The summed E-state index contributed by atoms with van der Waals surface area (Å²) in [6.45, 7) is 8.19. The molecule has 0 saturated carbocycles. The van der Waals surface area contributed by atoms with Gasteiger partial charge in [-0.05, 0) is 44.4 Å². The van der Waals surface area contributed by atoms with E-state index in [-0.39, 0.29) is 17.4 Å². The van der Waals surface area contributed by atoms with E-state index in [9.17, 15) is 10.2 Å². The largest absolute Gasteiger partial charge is 0.507 e. The van der Waals surface area contributed by atoms with Crippen LogP contribution in [0.4, 0.5) is 0 Å². The van der Waals surface area contributed by atoms with E-state index in [1.165, 1.54) is 5.57 Å². The maximum atomic E-state index is 10.0. The number of allylic oxidation sites excluding steroid dienone is 2. The van der Waals surface area contributed by atoms with Gasteiger partial charge >= 0.3 is 0 Å². The quantitative estimate of drug-likeness (QED) is 0.745. The Bertz CT molecular complexity index is 410. The van der Waals surface area contributed by atoms with Gasteiger partial charge in [0.05, 0.1) is 0 Å². The second-order valence-electron chi connectivity index (χ2n) is 4.99. The van der Waals surface area contributed by atoms with Crippen molar-refractivity contribution in [2.75, 3.05) is 0 Å². The Labute approximate surface area is 110 Å². The lowest BCUT2D eigenvalue weighted by Crippen LogP contribution is -1.97. The Morgan fingerprint density at radius 3 is 2.22 bits per heavy atom. The molecule has 0 aliphatic rings. The smallest absolute Gasteiger partial charge is 0.123 e. The standard InChI is InChI=1S/C16H24O2/c1-5-7-11(3)8-13(6-2)16-14(17)9-12(4)10-15(16)18/h8-10,13,17-18H,5-7H2,1-4H3/b11-8-. The highest BCUT2D eigenvalue weighted by Gasteiger charge is 2.16. The van der Waals surface area contributed by atoms with Gasteiger partial charge in [-0.2, -0.15) is 0 Å². The molecule has 0 heterocycles. The predicted octanol–water partition coefficient (Wildman–Crippen LogP) is 4.65. The molecule has 2 nitrogen and oxygen atoms in total. The number of hydrogen-bond acceptors (Lipinski definition) is 2. The van der Waals surface area contributed by atoms with Gasteiger partial charge in [0.25, 0.3) is 0 Å². The van der Waals surface area contributed by atoms with Gasteiger partial charge in [-0.1, -0.05) is 31.9 Å². The minimum atomic E-state index is 0.0807. The Morgan fingerprint density at radius 1 is 1.22 bits per heavy atom. The minimum Gasteiger partial charge on any atom is -0.507 e. The van der Waals surface area contributed by atoms with E-state index >= 15 is 0 Å². The summed E-state index contributed by atoms with van der Waals surface area (Å²) in [6.07, 6.45) is 5.20. The fourth-order valence-electron chi connectivity index (χ4n) is 2.37. The van der Waals surface area contributed by atoms with Gasteiger partial charge in [0.2, 0.25) is 0 Å². The van der Waals surface area contributed by atoms with Crippen molar-refractivity contribution in [2.45, 2.75) is 52.9 Å². The summed E-state index contributed by atoms with van der Waals surface area (Å²) in [5, 5.41) is 20.1. The van der Waals surface area contributed by atoms with Crippen LogP contribution in [0.2, 0.25) is 0 Å². The summed E-state index contributed by atoms with van der Waals surface area (Å²) in [5.41, 5.74) is 2.83. The van der Waals surface area contributed by atoms with E-state index < -0.39 is 0 Å². The van der Waals surface area contributed by atoms with Crippen LogP contribution in [0, 0.1) is 6.92 Å². The molecule has 1 unspecified atom stereocenters. The van der Waals surface area contributed by atoms with Crippen LogP contribution < -0.4 is 0 Å². The van der Waals surface area contributed by atoms with Gasteiger partial charge in [0.15, 0.2) is 0 Å². The third-order valence-electron chi connectivity index (χ3n) is 3.22. The Morgan fingerprint density at radius 2 is 1.78 bits per heavy atom. The van der Waals surface area contributed by atoms with Crippen molar-refractivity contribution in [1.82, 2.24) is 0 Å². The zero-order chi connectivity index (χ0) is 13.7. The predicted molar refractivity (Wildman–Crippen MR) is 76.2 cm³/mol. The van der Waals surface area contributed by atoms with Crippen molar-refractivity contribution in [3.8, 4) is 11.5 Å². The molecule has 1 rings (SSSR count). The van der Waals surface area contributed by atoms with E-state index in [2.05, 4.69) is 26.8 Å². The fraction of sp³-hybridized carbons (Fsp3) is 0.500. The van der Waals surface area contributed by atoms with E-state index in [1.807, 2.05) is 6.92 Å². The number of phenolic OH excluding ortho intramolecular Hbond substituents is 2. The molecule has 1 aromatic carbocycles. The van der Waals surface area contributed by atoms with Gasteiger partial charge in [-0.25, -0.2) is 0 Å². The molecule has 1 atom stereocenters. The van der Waals surface area contributed by atoms with Gasteiger partial charge < -0.3 is 10.2 Å². The van der Waals surface area contributed by atoms with E-state index in [0.29, 0.717) is 5.56 Å². The molecule has 2 heteroatoms. The van der Waals surface area contributed by atoms with Crippen LogP contribution in [0.1, 0.15) is 57.1 Å². The highest BCUT2D eigenvalue weighted by atomic mass is 16.3. The normalized spacial score (nSPS) is 13.7. The Hall–Kier alpha value is -1.44. The van der Waals surface area contributed by atoms with Crippen molar-refractivity contribution in [3.05, 3.63) is 34.9 Å². The van der Waals surface area contributed by atoms with Crippen LogP contribution in [0.25, 0.3) is 0 Å². The molecule has 100 valence electrons. The van der Waals surface area contributed by atoms with Crippen LogP contribution in [0.3, 0.4) is 0 Å². The summed E-state index contributed by atoms with van der Waals surface area (Å²) in [4.78, 5) is 0. The molecule has 0 fully saturated rings. The second-order valence-corrected chi connectivity index (χ2v) is 4.99. The van der Waals surface area contributed by atoms with E-state index in [0.717, 1.165) is 24.8 Å². The summed E-state index contributed by atoms with van der Waals surface area (Å²) in [6, 6.07) is 3.42. The number of hydrogen-bond donors (Lipinski definition) is 2. The molecular weight excluding hydrogens is 224 g/mol. The lowest BCUT2D eigenvalue weighted by Gasteiger charge is -2.16. The molecule has 2 N–H and O–H groups in total. The topological polar surface area (TPSA) is 40.5 Å². The summed E-state index contributed by atoms with van der Waals surface area (Å²) in [5.74, 6) is 0.469. The third kappa shape index (κ3) is 3.52. The average molecular weight is 248 g/mol. The number of phenols is 2. The van der Waals surface area contributed by atoms with Gasteiger partial charge in [-0.15, -0.1) is 0 Å². The van der Waals surface area contributed by atoms with Crippen LogP contribution >= 0.6 is 0 Å². The number of benzene rings is 1. The molecule has 18 heavy (non-hydrogen) atoms. The van der Waals surface area contributed by atoms with Crippen molar-refractivity contribution in [3.63, 3.8) is 0 Å². The summed E-state index contributed by atoms with van der Waals surface area (Å²) in [7, 11) is 0.